The molecule has 0 saturated carbocycles. The van der Waals surface area contributed by atoms with Gasteiger partial charge >= 0.3 is 17.9 Å². The highest BCUT2D eigenvalue weighted by Gasteiger charge is 2.25. The maximum atomic E-state index is 11.6. The van der Waals surface area contributed by atoms with Gasteiger partial charge in [-0.25, -0.2) is 4.79 Å². The maximum absolute atomic E-state index is 11.6. The molecule has 1 fully saturated rings. The third-order valence-electron chi connectivity index (χ3n) is 3.36. The second-order valence-corrected chi connectivity index (χ2v) is 5.08. The fourth-order valence-corrected chi connectivity index (χ4v) is 2.18. The van der Waals surface area contributed by atoms with Crippen LogP contribution in [0.1, 0.15) is 12.0 Å². The van der Waals surface area contributed by atoms with Gasteiger partial charge in [-0.05, 0) is 30.7 Å². The molecule has 0 aliphatic carbocycles. The highest BCUT2D eigenvalue weighted by Crippen LogP contribution is 2.12. The van der Waals surface area contributed by atoms with Crippen molar-refractivity contribution < 1.29 is 24.2 Å². The van der Waals surface area contributed by atoms with Crippen LogP contribution < -0.4 is 15.4 Å². The zero-order chi connectivity index (χ0) is 17.5. The van der Waals surface area contributed by atoms with E-state index in [2.05, 4.69) is 5.32 Å². The predicted octanol–water partition coefficient (Wildman–Crippen LogP) is 0.00687. The van der Waals surface area contributed by atoms with Crippen molar-refractivity contribution in [3.63, 3.8) is 0 Å². The van der Waals surface area contributed by atoms with Crippen LogP contribution in [0.3, 0.4) is 0 Å². The highest BCUT2D eigenvalue weighted by molar-refractivity contribution is 6.35. The van der Waals surface area contributed by atoms with Gasteiger partial charge in [0.1, 0.15) is 11.6 Å². The lowest BCUT2D eigenvalue weighted by atomic mass is 10.2. The van der Waals surface area contributed by atoms with Crippen molar-refractivity contribution in [2.75, 3.05) is 26.2 Å². The summed E-state index contributed by atoms with van der Waals surface area (Å²) in [5.41, 5.74) is 0.426. The van der Waals surface area contributed by atoms with E-state index in [-0.39, 0.29) is 5.84 Å². The minimum absolute atomic E-state index is 0.212. The molecule has 1 aromatic rings. The Kier molecular flexibility index (Phi) is 5.72. The van der Waals surface area contributed by atoms with Crippen molar-refractivity contribution in [2.24, 2.45) is 0 Å². The summed E-state index contributed by atoms with van der Waals surface area (Å²) in [6.07, 6.45) is -0.710. The highest BCUT2D eigenvalue weighted by atomic mass is 16.5. The summed E-state index contributed by atoms with van der Waals surface area (Å²) >= 11 is 0. The third-order valence-corrected chi connectivity index (χ3v) is 3.36. The fourth-order valence-electron chi connectivity index (χ4n) is 2.18. The zero-order valence-electron chi connectivity index (χ0n) is 12.9. The number of ether oxygens (including phenoxy) is 1. The average molecular weight is 334 g/mol. The summed E-state index contributed by atoms with van der Waals surface area (Å²) in [7, 11) is 0. The molecule has 0 radical (unpaired) electrons. The van der Waals surface area contributed by atoms with Gasteiger partial charge in [0.15, 0.2) is 0 Å². The molecule has 0 unspecified atom stereocenters. The standard InChI is InChI=1S/C15H18N4O5/c16-12(18-15(22)23)10-2-4-11(5-3-10)24-9-1-7-19-8-6-17-13(20)14(19)21/h2-5H,1,6-9H2,(H2,16,18)(H,17,20)(H,22,23). The first-order valence-corrected chi connectivity index (χ1v) is 7.36. The number of hydrogen-bond acceptors (Lipinski definition) is 5. The topological polar surface area (TPSA) is 132 Å². The lowest BCUT2D eigenvalue weighted by molar-refractivity contribution is -0.148. The Morgan fingerprint density at radius 1 is 1.33 bits per heavy atom. The molecule has 0 bridgehead atoms. The first-order valence-electron chi connectivity index (χ1n) is 7.36. The van der Waals surface area contributed by atoms with E-state index in [1.807, 2.05) is 5.32 Å². The molecule has 3 amide bonds. The van der Waals surface area contributed by atoms with Crippen LogP contribution in [0.4, 0.5) is 4.79 Å². The van der Waals surface area contributed by atoms with Crippen LogP contribution in [0, 0.1) is 5.41 Å². The smallest absolute Gasteiger partial charge is 0.410 e. The SMILES string of the molecule is N=C(NC(=O)O)c1ccc(OCCCN2CCNC(=O)C2=O)cc1. The lowest BCUT2D eigenvalue weighted by Gasteiger charge is -2.26. The van der Waals surface area contributed by atoms with Crippen LogP contribution in [0.2, 0.25) is 0 Å². The molecule has 0 aromatic heterocycles. The minimum atomic E-state index is -1.29. The Balaban J connectivity index is 1.74. The fraction of sp³-hybridized carbons (Fsp3) is 0.333. The first-order chi connectivity index (χ1) is 11.5. The van der Waals surface area contributed by atoms with Gasteiger partial charge in [0, 0.05) is 25.2 Å². The van der Waals surface area contributed by atoms with Crippen LogP contribution in [0.25, 0.3) is 0 Å². The molecule has 4 N–H and O–H groups in total. The number of carboxylic acid groups (broad SMARTS) is 1. The molecule has 128 valence electrons. The van der Waals surface area contributed by atoms with E-state index in [0.717, 1.165) is 0 Å². The normalized spacial score (nSPS) is 14.1. The maximum Gasteiger partial charge on any atom is 0.410 e. The molecule has 1 heterocycles. The summed E-state index contributed by atoms with van der Waals surface area (Å²) in [6, 6.07) is 6.41. The monoisotopic (exact) mass is 334 g/mol. The second-order valence-electron chi connectivity index (χ2n) is 5.08. The number of nitrogens with one attached hydrogen (secondary N) is 3. The van der Waals surface area contributed by atoms with Crippen LogP contribution >= 0.6 is 0 Å². The van der Waals surface area contributed by atoms with E-state index in [9.17, 15) is 14.4 Å². The van der Waals surface area contributed by atoms with E-state index in [0.29, 0.717) is 44.0 Å². The summed E-state index contributed by atoms with van der Waals surface area (Å²) in [5, 5.41) is 20.5. The number of benzene rings is 1. The van der Waals surface area contributed by atoms with Gasteiger partial charge in [0.25, 0.3) is 0 Å². The van der Waals surface area contributed by atoms with Crippen LogP contribution in [-0.4, -0.2) is 60.0 Å². The Labute approximate surface area is 138 Å². The second kappa shape index (κ2) is 7.95. The number of carbonyl (C=O) groups excluding carboxylic acids is 2. The van der Waals surface area contributed by atoms with Crippen molar-refractivity contribution in [1.82, 2.24) is 15.5 Å². The van der Waals surface area contributed by atoms with Gasteiger partial charge in [0.05, 0.1) is 6.61 Å². The largest absolute Gasteiger partial charge is 0.494 e. The molecule has 1 aliphatic rings. The summed E-state index contributed by atoms with van der Waals surface area (Å²) in [6.45, 7) is 1.77. The van der Waals surface area contributed by atoms with Crippen molar-refractivity contribution in [1.29, 1.82) is 5.41 Å². The predicted molar refractivity (Wildman–Crippen MR) is 84.1 cm³/mol. The first kappa shape index (κ1) is 17.3. The Morgan fingerprint density at radius 3 is 2.71 bits per heavy atom. The Morgan fingerprint density at radius 2 is 2.04 bits per heavy atom. The van der Waals surface area contributed by atoms with E-state index in [4.69, 9.17) is 15.3 Å². The van der Waals surface area contributed by atoms with Crippen LogP contribution in [0.15, 0.2) is 24.3 Å². The van der Waals surface area contributed by atoms with Crippen LogP contribution in [0.5, 0.6) is 5.75 Å². The molecule has 9 heteroatoms. The number of carbonyl (C=O) groups is 3. The van der Waals surface area contributed by atoms with E-state index < -0.39 is 17.9 Å². The van der Waals surface area contributed by atoms with Gasteiger partial charge in [0.2, 0.25) is 0 Å². The number of nitrogens with zero attached hydrogens (tertiary/aromatic N) is 1. The number of hydrogen-bond donors (Lipinski definition) is 4. The number of piperazine rings is 1. The molecule has 2 rings (SSSR count). The number of amides is 3. The van der Waals surface area contributed by atoms with Gasteiger partial charge < -0.3 is 20.1 Å². The van der Waals surface area contributed by atoms with Gasteiger partial charge in [-0.1, -0.05) is 0 Å². The van der Waals surface area contributed by atoms with E-state index in [1.54, 1.807) is 24.3 Å². The van der Waals surface area contributed by atoms with Gasteiger partial charge in [-0.3, -0.25) is 20.3 Å². The molecular weight excluding hydrogens is 316 g/mol. The van der Waals surface area contributed by atoms with E-state index >= 15 is 0 Å². The summed E-state index contributed by atoms with van der Waals surface area (Å²) in [4.78, 5) is 34.8. The Hall–Kier alpha value is -3.10. The molecule has 0 spiro atoms. The lowest BCUT2D eigenvalue weighted by Crippen LogP contribution is -2.52. The molecule has 1 aromatic carbocycles. The minimum Gasteiger partial charge on any atom is -0.494 e. The van der Waals surface area contributed by atoms with Crippen molar-refractivity contribution in [3.8, 4) is 5.75 Å². The van der Waals surface area contributed by atoms with E-state index in [1.165, 1.54) is 4.90 Å². The zero-order valence-corrected chi connectivity index (χ0v) is 12.9. The molecule has 1 aliphatic heterocycles. The van der Waals surface area contributed by atoms with Crippen molar-refractivity contribution in [3.05, 3.63) is 29.8 Å². The quantitative estimate of drug-likeness (QED) is 0.252. The average Bonchev–Trinajstić information content (AvgIpc) is 2.55. The molecule has 9 nitrogen and oxygen atoms in total. The third kappa shape index (κ3) is 4.70. The van der Waals surface area contributed by atoms with Crippen LogP contribution in [-0.2, 0) is 9.59 Å². The number of amidine groups is 1. The van der Waals surface area contributed by atoms with Crippen molar-refractivity contribution >= 4 is 23.7 Å². The number of rotatable bonds is 6. The summed E-state index contributed by atoms with van der Waals surface area (Å²) < 4.78 is 5.53. The van der Waals surface area contributed by atoms with Crippen molar-refractivity contribution in [2.45, 2.75) is 6.42 Å². The molecule has 1 saturated heterocycles. The van der Waals surface area contributed by atoms with Gasteiger partial charge in [-0.15, -0.1) is 0 Å². The van der Waals surface area contributed by atoms with Gasteiger partial charge in [-0.2, -0.15) is 0 Å². The molecular formula is C15H18N4O5. The summed E-state index contributed by atoms with van der Waals surface area (Å²) in [5.74, 6) is -0.731. The molecule has 0 atom stereocenters. The molecule has 24 heavy (non-hydrogen) atoms. The Bertz CT molecular complexity index is 644.